The third-order valence-electron chi connectivity index (χ3n) is 3.59. The Kier molecular flexibility index (Phi) is 3.82. The minimum Gasteiger partial charge on any atom is -0.293 e. The summed E-state index contributed by atoms with van der Waals surface area (Å²) in [7, 11) is 0. The molecular weight excluding hydrogens is 278 g/mol. The molecule has 0 saturated heterocycles. The third kappa shape index (κ3) is 2.67. The molecule has 0 aliphatic rings. The Bertz CT molecular complexity index is 797. The van der Waals surface area contributed by atoms with Crippen LogP contribution in [0.2, 0.25) is 0 Å². The highest BCUT2D eigenvalue weighted by molar-refractivity contribution is 5.94. The summed E-state index contributed by atoms with van der Waals surface area (Å²) in [5.41, 5.74) is 1.90. The first-order chi connectivity index (χ1) is 10.7. The molecular formula is C16H17N5O. The van der Waals surface area contributed by atoms with Crippen molar-refractivity contribution in [2.24, 2.45) is 0 Å². The average Bonchev–Trinajstić information content (AvgIpc) is 2.93. The zero-order valence-electron chi connectivity index (χ0n) is 12.5. The monoisotopic (exact) mass is 295 g/mol. The molecule has 22 heavy (non-hydrogen) atoms. The van der Waals surface area contributed by atoms with Crippen LogP contribution in [0, 0.1) is 6.92 Å². The van der Waals surface area contributed by atoms with E-state index >= 15 is 0 Å². The van der Waals surface area contributed by atoms with E-state index in [4.69, 9.17) is 0 Å². The quantitative estimate of drug-likeness (QED) is 0.803. The van der Waals surface area contributed by atoms with Crippen molar-refractivity contribution in [2.45, 2.75) is 26.2 Å². The van der Waals surface area contributed by atoms with Crippen molar-refractivity contribution in [1.82, 2.24) is 19.6 Å². The van der Waals surface area contributed by atoms with Gasteiger partial charge >= 0.3 is 0 Å². The van der Waals surface area contributed by atoms with Crippen molar-refractivity contribution in [3.05, 3.63) is 53.9 Å². The molecule has 1 atom stereocenters. The highest BCUT2D eigenvalue weighted by Gasteiger charge is 2.20. The minimum absolute atomic E-state index is 0.109. The summed E-state index contributed by atoms with van der Waals surface area (Å²) in [4.78, 5) is 20.8. The normalized spacial score (nSPS) is 12.3. The molecule has 2 heterocycles. The second-order valence-electron chi connectivity index (χ2n) is 5.09. The number of rotatable bonds is 4. The Labute approximate surface area is 128 Å². The molecule has 112 valence electrons. The summed E-state index contributed by atoms with van der Waals surface area (Å²) in [6.45, 7) is 3.90. The largest absolute Gasteiger partial charge is 0.293 e. The van der Waals surface area contributed by atoms with Gasteiger partial charge in [0.2, 0.25) is 5.91 Å². The SMILES string of the molecule is CCC(C(=O)Nc1nc2nccc(C)n2n1)c1ccccc1. The smallest absolute Gasteiger partial charge is 0.254 e. The molecule has 1 N–H and O–H groups in total. The highest BCUT2D eigenvalue weighted by Crippen LogP contribution is 2.20. The number of benzene rings is 1. The summed E-state index contributed by atoms with van der Waals surface area (Å²) in [5, 5.41) is 7.06. The predicted octanol–water partition coefficient (Wildman–Crippen LogP) is 2.57. The number of aryl methyl sites for hydroxylation is 1. The minimum atomic E-state index is -0.220. The standard InChI is InChI=1S/C16H17N5O/c1-3-13(12-7-5-4-6-8-12)14(22)18-15-19-16-17-10-9-11(2)21(16)20-15/h4-10,13H,3H2,1-2H3,(H,18,20,22). The van der Waals surface area contributed by atoms with Gasteiger partial charge in [0, 0.05) is 11.9 Å². The lowest BCUT2D eigenvalue weighted by atomic mass is 9.96. The molecule has 0 saturated carbocycles. The van der Waals surface area contributed by atoms with Crippen LogP contribution in [0.1, 0.15) is 30.5 Å². The molecule has 0 aliphatic carbocycles. The number of nitrogens with zero attached hydrogens (tertiary/aromatic N) is 4. The Morgan fingerprint density at radius 1 is 1.27 bits per heavy atom. The zero-order valence-corrected chi connectivity index (χ0v) is 12.5. The van der Waals surface area contributed by atoms with Crippen LogP contribution < -0.4 is 5.32 Å². The van der Waals surface area contributed by atoms with E-state index in [1.165, 1.54) is 0 Å². The fourth-order valence-electron chi connectivity index (χ4n) is 2.41. The van der Waals surface area contributed by atoms with Crippen molar-refractivity contribution < 1.29 is 4.79 Å². The summed E-state index contributed by atoms with van der Waals surface area (Å²) in [6, 6.07) is 11.6. The maximum absolute atomic E-state index is 12.5. The van der Waals surface area contributed by atoms with Crippen LogP contribution in [0.25, 0.3) is 5.78 Å². The molecule has 6 heteroatoms. The molecule has 3 rings (SSSR count). The molecule has 1 unspecified atom stereocenters. The van der Waals surface area contributed by atoms with E-state index in [0.717, 1.165) is 11.3 Å². The van der Waals surface area contributed by atoms with Gasteiger partial charge in [-0.3, -0.25) is 10.1 Å². The maximum Gasteiger partial charge on any atom is 0.254 e. The third-order valence-corrected chi connectivity index (χ3v) is 3.59. The first kappa shape index (κ1) is 14.2. The number of hydrogen-bond acceptors (Lipinski definition) is 4. The lowest BCUT2D eigenvalue weighted by molar-refractivity contribution is -0.117. The van der Waals surface area contributed by atoms with E-state index in [0.29, 0.717) is 12.2 Å². The first-order valence-electron chi connectivity index (χ1n) is 7.23. The molecule has 6 nitrogen and oxygen atoms in total. The second kappa shape index (κ2) is 5.93. The maximum atomic E-state index is 12.5. The number of aromatic nitrogens is 4. The van der Waals surface area contributed by atoms with Gasteiger partial charge in [0.15, 0.2) is 0 Å². The van der Waals surface area contributed by atoms with E-state index in [9.17, 15) is 4.79 Å². The number of carbonyl (C=O) groups excluding carboxylic acids is 1. The Hall–Kier alpha value is -2.76. The van der Waals surface area contributed by atoms with Crippen LogP contribution in [0.4, 0.5) is 5.95 Å². The fourth-order valence-corrected chi connectivity index (χ4v) is 2.41. The van der Waals surface area contributed by atoms with Crippen molar-refractivity contribution in [1.29, 1.82) is 0 Å². The lowest BCUT2D eigenvalue weighted by Crippen LogP contribution is -2.21. The van der Waals surface area contributed by atoms with E-state index in [2.05, 4.69) is 20.4 Å². The predicted molar refractivity (Wildman–Crippen MR) is 83.6 cm³/mol. The van der Waals surface area contributed by atoms with Crippen LogP contribution in [0.15, 0.2) is 42.6 Å². The Balaban J connectivity index is 1.84. The molecule has 2 aromatic heterocycles. The number of amides is 1. The van der Waals surface area contributed by atoms with E-state index in [-0.39, 0.29) is 17.8 Å². The summed E-state index contributed by atoms with van der Waals surface area (Å²) >= 11 is 0. The molecule has 0 spiro atoms. The van der Waals surface area contributed by atoms with Gasteiger partial charge < -0.3 is 0 Å². The van der Waals surface area contributed by atoms with Crippen molar-refractivity contribution in [2.75, 3.05) is 5.32 Å². The van der Waals surface area contributed by atoms with Gasteiger partial charge in [0.25, 0.3) is 11.7 Å². The molecule has 0 radical (unpaired) electrons. The number of nitrogens with one attached hydrogen (secondary N) is 1. The van der Waals surface area contributed by atoms with Crippen LogP contribution in [0.3, 0.4) is 0 Å². The number of anilines is 1. The van der Waals surface area contributed by atoms with Gasteiger partial charge in [-0.2, -0.15) is 9.50 Å². The van der Waals surface area contributed by atoms with E-state index in [1.54, 1.807) is 10.7 Å². The molecule has 0 fully saturated rings. The van der Waals surface area contributed by atoms with Crippen LogP contribution in [0.5, 0.6) is 0 Å². The van der Waals surface area contributed by atoms with Crippen LogP contribution in [-0.4, -0.2) is 25.5 Å². The molecule has 1 amide bonds. The van der Waals surface area contributed by atoms with Crippen LogP contribution >= 0.6 is 0 Å². The van der Waals surface area contributed by atoms with Crippen molar-refractivity contribution in [3.63, 3.8) is 0 Å². The van der Waals surface area contributed by atoms with Gasteiger partial charge in [0.1, 0.15) is 0 Å². The van der Waals surface area contributed by atoms with Gasteiger partial charge in [-0.1, -0.05) is 37.3 Å². The van der Waals surface area contributed by atoms with Gasteiger partial charge in [-0.15, -0.1) is 5.10 Å². The molecule has 3 aromatic rings. The number of carbonyl (C=O) groups is 1. The number of hydrogen-bond donors (Lipinski definition) is 1. The second-order valence-corrected chi connectivity index (χ2v) is 5.09. The Morgan fingerprint density at radius 3 is 2.73 bits per heavy atom. The van der Waals surface area contributed by atoms with Crippen LogP contribution in [-0.2, 0) is 4.79 Å². The topological polar surface area (TPSA) is 72.2 Å². The summed E-state index contributed by atoms with van der Waals surface area (Å²) in [5.74, 6) is 0.424. The van der Waals surface area contributed by atoms with Gasteiger partial charge in [0.05, 0.1) is 5.92 Å². The highest BCUT2D eigenvalue weighted by atomic mass is 16.2. The lowest BCUT2D eigenvalue weighted by Gasteiger charge is -2.13. The zero-order chi connectivity index (χ0) is 15.5. The van der Waals surface area contributed by atoms with Gasteiger partial charge in [-0.05, 0) is 25.0 Å². The molecule has 1 aromatic carbocycles. The Morgan fingerprint density at radius 2 is 2.05 bits per heavy atom. The van der Waals surface area contributed by atoms with E-state index < -0.39 is 0 Å². The molecule has 0 aliphatic heterocycles. The van der Waals surface area contributed by atoms with Gasteiger partial charge in [-0.25, -0.2) is 4.98 Å². The first-order valence-corrected chi connectivity index (χ1v) is 7.23. The van der Waals surface area contributed by atoms with E-state index in [1.807, 2.05) is 50.2 Å². The fraction of sp³-hybridized carbons (Fsp3) is 0.250. The summed E-state index contributed by atoms with van der Waals surface area (Å²) < 4.78 is 1.61. The average molecular weight is 295 g/mol. The van der Waals surface area contributed by atoms with Crippen molar-refractivity contribution >= 4 is 17.6 Å². The van der Waals surface area contributed by atoms with Crippen molar-refractivity contribution in [3.8, 4) is 0 Å². The number of fused-ring (bicyclic) bond motifs is 1. The molecule has 0 bridgehead atoms. The summed E-state index contributed by atoms with van der Waals surface area (Å²) in [6.07, 6.45) is 2.38.